The molecule has 1 aliphatic rings. The molecule has 2 heteroatoms. The number of aliphatic hydroxyl groups excluding tert-OH is 2. The average molecular weight is 198 g/mol. The van der Waals surface area contributed by atoms with Gasteiger partial charge in [-0.1, -0.05) is 31.4 Å². The fourth-order valence-electron chi connectivity index (χ4n) is 1.86. The van der Waals surface area contributed by atoms with Gasteiger partial charge in [0.15, 0.2) is 0 Å². The van der Waals surface area contributed by atoms with E-state index in [9.17, 15) is 10.2 Å². The molecule has 1 aliphatic carbocycles. The Hall–Kier alpha value is -0.340. The molecular weight excluding hydrogens is 176 g/mol. The van der Waals surface area contributed by atoms with E-state index in [4.69, 9.17) is 0 Å². The smallest absolute Gasteiger partial charge is 0.0802 e. The molecule has 0 spiro atoms. The van der Waals surface area contributed by atoms with Crippen molar-refractivity contribution in [1.82, 2.24) is 0 Å². The number of hydrogen-bond acceptors (Lipinski definition) is 2. The molecule has 0 aliphatic heterocycles. The largest absolute Gasteiger partial charge is 0.390 e. The second kappa shape index (κ2) is 7.02. The Morgan fingerprint density at radius 3 is 2.21 bits per heavy atom. The topological polar surface area (TPSA) is 40.5 Å². The molecule has 0 saturated heterocycles. The van der Waals surface area contributed by atoms with Gasteiger partial charge in [-0.2, -0.15) is 0 Å². The number of rotatable bonds is 0. The minimum Gasteiger partial charge on any atom is -0.390 e. The molecule has 0 radical (unpaired) electrons. The van der Waals surface area contributed by atoms with Gasteiger partial charge in [0.1, 0.15) is 0 Å². The monoisotopic (exact) mass is 198 g/mol. The highest BCUT2D eigenvalue weighted by atomic mass is 16.3. The van der Waals surface area contributed by atoms with Crippen molar-refractivity contribution in [2.24, 2.45) is 0 Å². The van der Waals surface area contributed by atoms with E-state index < -0.39 is 12.2 Å². The molecule has 0 amide bonds. The van der Waals surface area contributed by atoms with Crippen molar-refractivity contribution in [2.75, 3.05) is 0 Å². The Morgan fingerprint density at radius 2 is 1.36 bits per heavy atom. The maximum atomic E-state index is 9.59. The van der Waals surface area contributed by atoms with Gasteiger partial charge in [0, 0.05) is 0 Å². The van der Waals surface area contributed by atoms with Crippen LogP contribution in [0.25, 0.3) is 0 Å². The lowest BCUT2D eigenvalue weighted by Crippen LogP contribution is -2.25. The second-order valence-corrected chi connectivity index (χ2v) is 4.18. The van der Waals surface area contributed by atoms with Crippen LogP contribution in [-0.2, 0) is 0 Å². The van der Waals surface area contributed by atoms with Crippen molar-refractivity contribution >= 4 is 0 Å². The van der Waals surface area contributed by atoms with Gasteiger partial charge >= 0.3 is 0 Å². The van der Waals surface area contributed by atoms with E-state index in [1.165, 1.54) is 25.7 Å². The van der Waals surface area contributed by atoms with Gasteiger partial charge in [-0.25, -0.2) is 0 Å². The Bertz CT molecular complexity index is 166. The highest BCUT2D eigenvalue weighted by molar-refractivity contribution is 4.83. The van der Waals surface area contributed by atoms with Gasteiger partial charge in [0.25, 0.3) is 0 Å². The summed E-state index contributed by atoms with van der Waals surface area (Å²) >= 11 is 0. The lowest BCUT2D eigenvalue weighted by atomic mass is 10.0. The van der Waals surface area contributed by atoms with Gasteiger partial charge in [0.2, 0.25) is 0 Å². The summed E-state index contributed by atoms with van der Waals surface area (Å²) in [5.74, 6) is 0. The summed E-state index contributed by atoms with van der Waals surface area (Å²) in [7, 11) is 0. The first-order chi connectivity index (χ1) is 6.80. The second-order valence-electron chi connectivity index (χ2n) is 4.18. The van der Waals surface area contributed by atoms with Crippen molar-refractivity contribution in [3.05, 3.63) is 12.2 Å². The summed E-state index contributed by atoms with van der Waals surface area (Å²) < 4.78 is 0. The van der Waals surface area contributed by atoms with E-state index >= 15 is 0 Å². The van der Waals surface area contributed by atoms with Gasteiger partial charge in [-0.05, 0) is 32.1 Å². The molecule has 0 heterocycles. The Morgan fingerprint density at radius 1 is 0.714 bits per heavy atom. The van der Waals surface area contributed by atoms with Crippen LogP contribution in [0, 0.1) is 0 Å². The van der Waals surface area contributed by atoms with Crippen LogP contribution in [0.15, 0.2) is 12.2 Å². The molecule has 0 aromatic rings. The van der Waals surface area contributed by atoms with Crippen molar-refractivity contribution in [1.29, 1.82) is 0 Å². The molecule has 0 bridgehead atoms. The Labute approximate surface area is 86.6 Å². The van der Waals surface area contributed by atoms with Crippen LogP contribution in [0.4, 0.5) is 0 Å². The van der Waals surface area contributed by atoms with Crippen LogP contribution < -0.4 is 0 Å². The van der Waals surface area contributed by atoms with E-state index in [1.54, 1.807) is 0 Å². The summed E-state index contributed by atoms with van der Waals surface area (Å²) in [4.78, 5) is 0. The van der Waals surface area contributed by atoms with Gasteiger partial charge < -0.3 is 10.2 Å². The van der Waals surface area contributed by atoms with Crippen LogP contribution >= 0.6 is 0 Å². The van der Waals surface area contributed by atoms with Crippen molar-refractivity contribution in [3.63, 3.8) is 0 Å². The summed E-state index contributed by atoms with van der Waals surface area (Å²) in [6.45, 7) is 0. The fraction of sp³-hybridized carbons (Fsp3) is 0.833. The van der Waals surface area contributed by atoms with Gasteiger partial charge in [0.05, 0.1) is 12.2 Å². The summed E-state index contributed by atoms with van der Waals surface area (Å²) in [5, 5.41) is 19.2. The molecule has 2 N–H and O–H groups in total. The molecular formula is C12H22O2. The van der Waals surface area contributed by atoms with Crippen LogP contribution in [0.2, 0.25) is 0 Å². The summed E-state index contributed by atoms with van der Waals surface area (Å²) in [6.07, 6.45) is 11.5. The lowest BCUT2D eigenvalue weighted by molar-refractivity contribution is 0.00905. The first-order valence-electron chi connectivity index (χ1n) is 5.82. The van der Waals surface area contributed by atoms with E-state index in [1.807, 2.05) is 0 Å². The maximum absolute atomic E-state index is 9.59. The predicted molar refractivity (Wildman–Crippen MR) is 58.1 cm³/mol. The highest BCUT2D eigenvalue weighted by Gasteiger charge is 2.14. The first-order valence-corrected chi connectivity index (χ1v) is 5.82. The Balaban J connectivity index is 2.33. The molecule has 2 atom stereocenters. The van der Waals surface area contributed by atoms with Gasteiger partial charge in [-0.3, -0.25) is 0 Å². The fourth-order valence-corrected chi connectivity index (χ4v) is 1.86. The third kappa shape index (κ3) is 4.77. The standard InChI is InChI=1S/C12H22O2/c13-11-9-7-5-3-1-2-4-6-8-10-12(11)14/h3,5,11-14H,1-2,4,6-10H2/b5-3+. The Kier molecular flexibility index (Phi) is 5.88. The molecule has 2 nitrogen and oxygen atoms in total. The first kappa shape index (κ1) is 11.7. The summed E-state index contributed by atoms with van der Waals surface area (Å²) in [5.41, 5.74) is 0. The zero-order valence-corrected chi connectivity index (χ0v) is 8.86. The van der Waals surface area contributed by atoms with Crippen molar-refractivity contribution in [3.8, 4) is 0 Å². The van der Waals surface area contributed by atoms with Crippen LogP contribution in [-0.4, -0.2) is 22.4 Å². The number of hydrogen-bond donors (Lipinski definition) is 2. The normalized spacial score (nSPS) is 34.1. The highest BCUT2D eigenvalue weighted by Crippen LogP contribution is 2.14. The van der Waals surface area contributed by atoms with Crippen molar-refractivity contribution in [2.45, 2.75) is 63.6 Å². The lowest BCUT2D eigenvalue weighted by Gasteiger charge is -2.17. The number of aliphatic hydroxyl groups is 2. The molecule has 1 rings (SSSR count). The average Bonchev–Trinajstić information content (AvgIpc) is 2.18. The molecule has 0 aromatic heterocycles. The molecule has 0 aromatic carbocycles. The quantitative estimate of drug-likeness (QED) is 0.587. The minimum absolute atomic E-state index is 0.511. The predicted octanol–water partition coefficient (Wildman–Crippen LogP) is 2.40. The van der Waals surface area contributed by atoms with Crippen LogP contribution in [0.3, 0.4) is 0 Å². The van der Waals surface area contributed by atoms with Crippen molar-refractivity contribution < 1.29 is 10.2 Å². The zero-order valence-electron chi connectivity index (χ0n) is 8.86. The SMILES string of the molecule is OC1CC/C=C/CCCCCCC1O. The number of allylic oxidation sites excluding steroid dienone is 2. The molecule has 14 heavy (non-hydrogen) atoms. The van der Waals surface area contributed by atoms with E-state index in [2.05, 4.69) is 12.2 Å². The third-order valence-electron chi connectivity index (χ3n) is 2.86. The van der Waals surface area contributed by atoms with E-state index in [-0.39, 0.29) is 0 Å². The minimum atomic E-state index is -0.529. The maximum Gasteiger partial charge on any atom is 0.0802 e. The van der Waals surface area contributed by atoms with E-state index in [0.717, 1.165) is 19.3 Å². The molecule has 0 saturated carbocycles. The van der Waals surface area contributed by atoms with Crippen LogP contribution in [0.1, 0.15) is 51.4 Å². The summed E-state index contributed by atoms with van der Waals surface area (Å²) in [6, 6.07) is 0. The molecule has 0 fully saturated rings. The van der Waals surface area contributed by atoms with Gasteiger partial charge in [-0.15, -0.1) is 0 Å². The molecule has 82 valence electrons. The van der Waals surface area contributed by atoms with E-state index in [0.29, 0.717) is 6.42 Å². The molecule has 2 unspecified atom stereocenters. The van der Waals surface area contributed by atoms with Crippen LogP contribution in [0.5, 0.6) is 0 Å². The zero-order chi connectivity index (χ0) is 10.2. The third-order valence-corrected chi connectivity index (χ3v) is 2.86.